The number of hydrogen-bond acceptors (Lipinski definition) is 4. The van der Waals surface area contributed by atoms with Crippen molar-refractivity contribution in [1.29, 1.82) is 0 Å². The smallest absolute Gasteiger partial charge is 0.143 e. The molecule has 0 aliphatic rings. The van der Waals surface area contributed by atoms with E-state index in [2.05, 4.69) is 26.1 Å². The maximum Gasteiger partial charge on any atom is 0.174 e. The van der Waals surface area contributed by atoms with Gasteiger partial charge in [-0.05, 0) is 6.26 Å². The van der Waals surface area contributed by atoms with Crippen LogP contribution in [0.4, 0.5) is 0 Å². The first-order chi connectivity index (χ1) is 4.86. The molecule has 1 heterocycles. The summed E-state index contributed by atoms with van der Waals surface area (Å²) in [5.41, 5.74) is 0. The van der Waals surface area contributed by atoms with Crippen molar-refractivity contribution >= 4 is 39.0 Å². The van der Waals surface area contributed by atoms with E-state index in [0.29, 0.717) is 0 Å². The molecule has 1 rings (SSSR count). The number of aromatic nitrogens is 2. The van der Waals surface area contributed by atoms with Crippen LogP contribution in [0.5, 0.6) is 0 Å². The summed E-state index contributed by atoms with van der Waals surface area (Å²) in [4.78, 5) is 0. The molecule has 0 N–H and O–H groups in total. The van der Waals surface area contributed by atoms with Crippen LogP contribution in [0.2, 0.25) is 0 Å². The molecule has 0 saturated carbocycles. The van der Waals surface area contributed by atoms with Crippen molar-refractivity contribution in [1.82, 2.24) is 10.2 Å². The van der Waals surface area contributed by atoms with Gasteiger partial charge in [-0.25, -0.2) is 0 Å². The van der Waals surface area contributed by atoms with E-state index in [1.165, 1.54) is 0 Å². The Hall–Kier alpha value is 0.390. The SMILES string of the molecule is CSc1nnc(CCBr)s1. The summed E-state index contributed by atoms with van der Waals surface area (Å²) in [7, 11) is 0. The second-order valence-corrected chi connectivity index (χ2v) is 4.51. The zero-order valence-electron chi connectivity index (χ0n) is 5.50. The lowest BCUT2D eigenvalue weighted by atomic mass is 10.5. The molecule has 0 spiro atoms. The summed E-state index contributed by atoms with van der Waals surface area (Å²) in [5, 5.41) is 10.0. The highest BCUT2D eigenvalue weighted by molar-refractivity contribution is 9.09. The van der Waals surface area contributed by atoms with Gasteiger partial charge >= 0.3 is 0 Å². The molecule has 0 aliphatic heterocycles. The van der Waals surface area contributed by atoms with Gasteiger partial charge in [-0.3, -0.25) is 0 Å². The van der Waals surface area contributed by atoms with Crippen LogP contribution in [0.3, 0.4) is 0 Å². The first-order valence-electron chi connectivity index (χ1n) is 2.79. The molecule has 0 bridgehead atoms. The zero-order chi connectivity index (χ0) is 7.40. The van der Waals surface area contributed by atoms with Gasteiger partial charge in [0.2, 0.25) is 0 Å². The topological polar surface area (TPSA) is 25.8 Å². The van der Waals surface area contributed by atoms with Crippen molar-refractivity contribution in [3.63, 3.8) is 0 Å². The third-order valence-corrected chi connectivity index (χ3v) is 3.29. The van der Waals surface area contributed by atoms with Crippen LogP contribution in [0.25, 0.3) is 0 Å². The standard InChI is InChI=1S/C5H7BrN2S2/c1-9-5-8-7-4(10-5)2-3-6/h2-3H2,1H3. The van der Waals surface area contributed by atoms with Gasteiger partial charge in [0.25, 0.3) is 0 Å². The Kier molecular flexibility index (Phi) is 3.65. The van der Waals surface area contributed by atoms with E-state index in [4.69, 9.17) is 0 Å². The van der Waals surface area contributed by atoms with Gasteiger partial charge < -0.3 is 0 Å². The van der Waals surface area contributed by atoms with E-state index in [-0.39, 0.29) is 0 Å². The highest BCUT2D eigenvalue weighted by atomic mass is 79.9. The third-order valence-electron chi connectivity index (χ3n) is 0.931. The molecule has 0 radical (unpaired) electrons. The predicted octanol–water partition coefficient (Wildman–Crippen LogP) is 2.20. The monoisotopic (exact) mass is 238 g/mol. The first kappa shape index (κ1) is 8.49. The molecule has 0 fully saturated rings. The largest absolute Gasteiger partial charge is 0.174 e. The summed E-state index contributed by atoms with van der Waals surface area (Å²) in [6.45, 7) is 0. The van der Waals surface area contributed by atoms with Crippen molar-refractivity contribution < 1.29 is 0 Å². The van der Waals surface area contributed by atoms with Gasteiger partial charge in [0.15, 0.2) is 4.34 Å². The Morgan fingerprint density at radius 2 is 2.40 bits per heavy atom. The third kappa shape index (κ3) is 2.21. The fraction of sp³-hybridized carbons (Fsp3) is 0.600. The number of aryl methyl sites for hydroxylation is 1. The number of thioether (sulfide) groups is 1. The van der Waals surface area contributed by atoms with Crippen LogP contribution < -0.4 is 0 Å². The van der Waals surface area contributed by atoms with Gasteiger partial charge in [-0.2, -0.15) is 0 Å². The van der Waals surface area contributed by atoms with Crippen molar-refractivity contribution in [2.45, 2.75) is 10.8 Å². The molecular weight excluding hydrogens is 232 g/mol. The van der Waals surface area contributed by atoms with Crippen molar-refractivity contribution in [2.75, 3.05) is 11.6 Å². The normalized spacial score (nSPS) is 10.2. The molecular formula is C5H7BrN2S2. The van der Waals surface area contributed by atoms with Crippen LogP contribution in [0, 0.1) is 0 Å². The summed E-state index contributed by atoms with van der Waals surface area (Å²) in [6.07, 6.45) is 3.00. The Morgan fingerprint density at radius 1 is 1.60 bits per heavy atom. The van der Waals surface area contributed by atoms with Crippen LogP contribution in [-0.2, 0) is 6.42 Å². The van der Waals surface area contributed by atoms with E-state index < -0.39 is 0 Å². The minimum absolute atomic E-state index is 0.968. The second-order valence-electron chi connectivity index (χ2n) is 1.60. The molecule has 0 amide bonds. The molecule has 1 aromatic rings. The van der Waals surface area contributed by atoms with Crippen molar-refractivity contribution in [3.05, 3.63) is 5.01 Å². The Labute approximate surface area is 76.6 Å². The summed E-state index contributed by atoms with van der Waals surface area (Å²) >= 11 is 6.66. The second kappa shape index (κ2) is 4.31. The van der Waals surface area contributed by atoms with Crippen LogP contribution >= 0.6 is 39.0 Å². The summed E-state index contributed by atoms with van der Waals surface area (Å²) < 4.78 is 1.05. The van der Waals surface area contributed by atoms with E-state index in [0.717, 1.165) is 21.1 Å². The van der Waals surface area contributed by atoms with E-state index >= 15 is 0 Å². The lowest BCUT2D eigenvalue weighted by Gasteiger charge is -1.82. The maximum absolute atomic E-state index is 3.99. The molecule has 0 atom stereocenters. The lowest BCUT2D eigenvalue weighted by Crippen LogP contribution is -1.82. The molecule has 10 heavy (non-hydrogen) atoms. The molecule has 56 valence electrons. The van der Waals surface area contributed by atoms with Crippen molar-refractivity contribution in [2.24, 2.45) is 0 Å². The minimum atomic E-state index is 0.968. The van der Waals surface area contributed by atoms with Crippen LogP contribution in [0.1, 0.15) is 5.01 Å². The average Bonchev–Trinajstić information content (AvgIpc) is 2.37. The quantitative estimate of drug-likeness (QED) is 0.597. The molecule has 1 aromatic heterocycles. The Bertz CT molecular complexity index is 201. The highest BCUT2D eigenvalue weighted by Gasteiger charge is 2.00. The predicted molar refractivity (Wildman–Crippen MR) is 49.2 cm³/mol. The van der Waals surface area contributed by atoms with E-state index in [1.807, 2.05) is 6.26 Å². The number of rotatable bonds is 3. The number of nitrogens with zero attached hydrogens (tertiary/aromatic N) is 2. The van der Waals surface area contributed by atoms with Crippen LogP contribution in [-0.4, -0.2) is 21.8 Å². The first-order valence-corrected chi connectivity index (χ1v) is 5.95. The molecule has 2 nitrogen and oxygen atoms in total. The number of hydrogen-bond donors (Lipinski definition) is 0. The molecule has 0 saturated heterocycles. The summed E-state index contributed by atoms with van der Waals surface area (Å²) in [5.74, 6) is 0. The van der Waals surface area contributed by atoms with Crippen molar-refractivity contribution in [3.8, 4) is 0 Å². The Balaban J connectivity index is 2.59. The lowest BCUT2D eigenvalue weighted by molar-refractivity contribution is 0.950. The van der Waals surface area contributed by atoms with Gasteiger partial charge in [0.05, 0.1) is 0 Å². The number of halogens is 1. The van der Waals surface area contributed by atoms with E-state index in [1.54, 1.807) is 23.1 Å². The summed E-state index contributed by atoms with van der Waals surface area (Å²) in [6, 6.07) is 0. The van der Waals surface area contributed by atoms with Gasteiger partial charge in [-0.1, -0.05) is 39.0 Å². The minimum Gasteiger partial charge on any atom is -0.143 e. The van der Waals surface area contributed by atoms with Crippen LogP contribution in [0.15, 0.2) is 4.34 Å². The zero-order valence-corrected chi connectivity index (χ0v) is 8.72. The fourth-order valence-electron chi connectivity index (χ4n) is 0.503. The van der Waals surface area contributed by atoms with Gasteiger partial charge in [0.1, 0.15) is 5.01 Å². The maximum atomic E-state index is 3.99. The molecule has 0 aromatic carbocycles. The molecule has 0 aliphatic carbocycles. The van der Waals surface area contributed by atoms with E-state index in [9.17, 15) is 0 Å². The average molecular weight is 239 g/mol. The number of alkyl halides is 1. The van der Waals surface area contributed by atoms with Gasteiger partial charge in [0, 0.05) is 11.8 Å². The highest BCUT2D eigenvalue weighted by Crippen LogP contribution is 2.19. The molecule has 0 unspecified atom stereocenters. The Morgan fingerprint density at radius 3 is 2.90 bits per heavy atom. The fourth-order valence-corrected chi connectivity index (χ4v) is 2.45. The van der Waals surface area contributed by atoms with Gasteiger partial charge in [-0.15, -0.1) is 10.2 Å². The molecule has 5 heteroatoms.